The average Bonchev–Trinajstić information content (AvgIpc) is 2.84. The Labute approximate surface area is 132 Å². The molecular weight excluding hydrogens is 296 g/mol. The minimum absolute atomic E-state index is 0.147. The summed E-state index contributed by atoms with van der Waals surface area (Å²) >= 11 is 1.53. The molecule has 3 rings (SSSR count). The van der Waals surface area contributed by atoms with E-state index in [0.717, 1.165) is 20.8 Å². The van der Waals surface area contributed by atoms with Gasteiger partial charge in [0.15, 0.2) is 0 Å². The second-order valence-corrected chi connectivity index (χ2v) is 6.37. The van der Waals surface area contributed by atoms with Crippen LogP contribution in [0.4, 0.5) is 0 Å². The topological polar surface area (TPSA) is 50.5 Å². The quantitative estimate of drug-likeness (QED) is 0.552. The zero-order valence-electron chi connectivity index (χ0n) is 12.6. The van der Waals surface area contributed by atoms with Crippen LogP contribution in [0.5, 0.6) is 0 Å². The fraction of sp³-hybridized carbons (Fsp3) is 0.188. The molecule has 6 heteroatoms. The number of hydrogen-bond donors (Lipinski definition) is 0. The lowest BCUT2D eigenvalue weighted by atomic mass is 10.0. The van der Waals surface area contributed by atoms with Crippen molar-refractivity contribution in [3.05, 3.63) is 51.9 Å². The van der Waals surface area contributed by atoms with Crippen LogP contribution in [-0.4, -0.2) is 35.0 Å². The van der Waals surface area contributed by atoms with Crippen LogP contribution in [0.15, 0.2) is 46.6 Å². The molecule has 1 aromatic carbocycles. The summed E-state index contributed by atoms with van der Waals surface area (Å²) in [5, 5.41) is 4.78. The number of benzene rings is 1. The van der Waals surface area contributed by atoms with E-state index in [2.05, 4.69) is 10.1 Å². The number of thiophene rings is 1. The van der Waals surface area contributed by atoms with Crippen molar-refractivity contribution < 1.29 is 0 Å². The van der Waals surface area contributed by atoms with Gasteiger partial charge in [-0.1, -0.05) is 30.3 Å². The third-order valence-electron chi connectivity index (χ3n) is 3.24. The number of aromatic nitrogens is 2. The third kappa shape index (κ3) is 2.53. The first-order valence-corrected chi connectivity index (χ1v) is 7.66. The number of hydrogen-bond acceptors (Lipinski definition) is 4. The fourth-order valence-corrected chi connectivity index (χ4v) is 3.29. The Hall–Kier alpha value is -2.47. The van der Waals surface area contributed by atoms with Gasteiger partial charge in [-0.3, -0.25) is 4.79 Å². The first kappa shape index (κ1) is 14.5. The van der Waals surface area contributed by atoms with Crippen molar-refractivity contribution in [2.45, 2.75) is 6.92 Å². The van der Waals surface area contributed by atoms with Crippen molar-refractivity contribution in [1.82, 2.24) is 14.6 Å². The SMILES string of the molecule is Cc1sc2ncn(N=CN(C)C)c(=O)c2c1-c1ccccc1. The highest BCUT2D eigenvalue weighted by atomic mass is 32.1. The molecule has 0 amide bonds. The highest BCUT2D eigenvalue weighted by Gasteiger charge is 2.16. The Balaban J connectivity index is 2.28. The Morgan fingerprint density at radius 3 is 2.68 bits per heavy atom. The summed E-state index contributed by atoms with van der Waals surface area (Å²) in [7, 11) is 3.70. The molecule has 0 unspecified atom stereocenters. The predicted octanol–water partition coefficient (Wildman–Crippen LogP) is 2.79. The van der Waals surface area contributed by atoms with Gasteiger partial charge >= 0.3 is 0 Å². The molecule has 22 heavy (non-hydrogen) atoms. The van der Waals surface area contributed by atoms with Gasteiger partial charge in [0.2, 0.25) is 0 Å². The van der Waals surface area contributed by atoms with Gasteiger partial charge in [-0.05, 0) is 12.5 Å². The minimum atomic E-state index is -0.147. The van der Waals surface area contributed by atoms with E-state index in [1.807, 2.05) is 51.4 Å². The van der Waals surface area contributed by atoms with Crippen LogP contribution in [0.3, 0.4) is 0 Å². The summed E-state index contributed by atoms with van der Waals surface area (Å²) in [6, 6.07) is 9.92. The molecule has 0 saturated carbocycles. The minimum Gasteiger partial charge on any atom is -0.367 e. The van der Waals surface area contributed by atoms with Crippen molar-refractivity contribution in [3.8, 4) is 11.1 Å². The van der Waals surface area contributed by atoms with Crippen LogP contribution in [-0.2, 0) is 0 Å². The lowest BCUT2D eigenvalue weighted by Gasteiger charge is -2.04. The molecule has 2 heterocycles. The van der Waals surface area contributed by atoms with Crippen LogP contribution in [0.1, 0.15) is 4.88 Å². The van der Waals surface area contributed by atoms with E-state index in [1.54, 1.807) is 11.2 Å². The second kappa shape index (κ2) is 5.73. The normalized spacial score (nSPS) is 11.4. The molecule has 5 nitrogen and oxygen atoms in total. The van der Waals surface area contributed by atoms with Crippen molar-refractivity contribution in [2.24, 2.45) is 5.10 Å². The Kier molecular flexibility index (Phi) is 3.77. The van der Waals surface area contributed by atoms with Gasteiger partial charge in [0.1, 0.15) is 17.5 Å². The number of nitrogens with zero attached hydrogens (tertiary/aromatic N) is 4. The van der Waals surface area contributed by atoms with Crippen LogP contribution in [0, 0.1) is 6.92 Å². The van der Waals surface area contributed by atoms with Gasteiger partial charge in [-0.2, -0.15) is 9.78 Å². The molecule has 0 N–H and O–H groups in total. The van der Waals surface area contributed by atoms with Crippen molar-refractivity contribution in [3.63, 3.8) is 0 Å². The molecule has 0 bridgehead atoms. The van der Waals surface area contributed by atoms with E-state index in [1.165, 1.54) is 22.3 Å². The fourth-order valence-electron chi connectivity index (χ4n) is 2.29. The molecule has 0 aliphatic carbocycles. The highest BCUT2D eigenvalue weighted by Crippen LogP contribution is 2.35. The number of rotatable bonds is 3. The molecule has 112 valence electrons. The zero-order valence-corrected chi connectivity index (χ0v) is 13.5. The van der Waals surface area contributed by atoms with Gasteiger partial charge in [0, 0.05) is 24.5 Å². The zero-order chi connectivity index (χ0) is 15.7. The van der Waals surface area contributed by atoms with E-state index in [9.17, 15) is 4.79 Å². The Morgan fingerprint density at radius 2 is 2.00 bits per heavy atom. The maximum Gasteiger partial charge on any atom is 0.283 e. The summed E-state index contributed by atoms with van der Waals surface area (Å²) in [6.07, 6.45) is 3.05. The first-order chi connectivity index (χ1) is 10.6. The second-order valence-electron chi connectivity index (χ2n) is 5.17. The maximum atomic E-state index is 12.7. The highest BCUT2D eigenvalue weighted by molar-refractivity contribution is 7.19. The smallest absolute Gasteiger partial charge is 0.283 e. The van der Waals surface area contributed by atoms with Crippen molar-refractivity contribution in [1.29, 1.82) is 0 Å². The summed E-state index contributed by atoms with van der Waals surface area (Å²) in [4.78, 5) is 20.7. The van der Waals surface area contributed by atoms with E-state index < -0.39 is 0 Å². The van der Waals surface area contributed by atoms with E-state index in [4.69, 9.17) is 0 Å². The molecule has 0 saturated heterocycles. The monoisotopic (exact) mass is 312 g/mol. The van der Waals surface area contributed by atoms with Crippen molar-refractivity contribution in [2.75, 3.05) is 14.1 Å². The molecule has 0 atom stereocenters. The van der Waals surface area contributed by atoms with Crippen LogP contribution in [0.25, 0.3) is 21.3 Å². The van der Waals surface area contributed by atoms with Crippen LogP contribution < -0.4 is 5.56 Å². The molecule has 0 aliphatic heterocycles. The van der Waals surface area contributed by atoms with Gasteiger partial charge in [0.25, 0.3) is 5.56 Å². The Morgan fingerprint density at radius 1 is 1.27 bits per heavy atom. The maximum absolute atomic E-state index is 12.7. The molecule has 0 spiro atoms. The van der Waals surface area contributed by atoms with E-state index in [0.29, 0.717) is 5.39 Å². The molecule has 3 aromatic rings. The number of fused-ring (bicyclic) bond motifs is 1. The van der Waals surface area contributed by atoms with Gasteiger partial charge in [-0.15, -0.1) is 11.3 Å². The van der Waals surface area contributed by atoms with Gasteiger partial charge in [0.05, 0.1) is 5.39 Å². The standard InChI is InChI=1S/C16H16N4OS/c1-11-13(12-7-5-4-6-8-12)14-15(22-11)17-9-20(16(14)21)18-10-19(2)3/h4-10H,1-3H3. The van der Waals surface area contributed by atoms with E-state index >= 15 is 0 Å². The summed E-state index contributed by atoms with van der Waals surface area (Å²) in [5.41, 5.74) is 1.83. The Bertz CT molecular complexity index is 894. The lowest BCUT2D eigenvalue weighted by Crippen LogP contribution is -2.19. The molecular formula is C16H16N4OS. The molecule has 0 fully saturated rings. The molecule has 0 radical (unpaired) electrons. The summed E-state index contributed by atoms with van der Waals surface area (Å²) in [5.74, 6) is 0. The molecule has 2 aromatic heterocycles. The predicted molar refractivity (Wildman–Crippen MR) is 91.6 cm³/mol. The molecule has 0 aliphatic rings. The number of aryl methyl sites for hydroxylation is 1. The average molecular weight is 312 g/mol. The van der Waals surface area contributed by atoms with Gasteiger partial charge in [-0.25, -0.2) is 4.98 Å². The van der Waals surface area contributed by atoms with Crippen LogP contribution >= 0.6 is 11.3 Å². The van der Waals surface area contributed by atoms with Crippen molar-refractivity contribution >= 4 is 27.9 Å². The van der Waals surface area contributed by atoms with Crippen LogP contribution in [0.2, 0.25) is 0 Å². The van der Waals surface area contributed by atoms with E-state index in [-0.39, 0.29) is 5.56 Å². The largest absolute Gasteiger partial charge is 0.367 e. The summed E-state index contributed by atoms with van der Waals surface area (Å²) < 4.78 is 1.28. The third-order valence-corrected chi connectivity index (χ3v) is 4.25. The first-order valence-electron chi connectivity index (χ1n) is 6.85. The lowest BCUT2D eigenvalue weighted by molar-refractivity contribution is 0.629. The van der Waals surface area contributed by atoms with Gasteiger partial charge < -0.3 is 4.90 Å². The summed E-state index contributed by atoms with van der Waals surface area (Å²) in [6.45, 7) is 2.02.